The van der Waals surface area contributed by atoms with Gasteiger partial charge in [-0.2, -0.15) is 0 Å². The summed E-state index contributed by atoms with van der Waals surface area (Å²) < 4.78 is 0. The van der Waals surface area contributed by atoms with Gasteiger partial charge in [0.15, 0.2) is 0 Å². The minimum Gasteiger partial charge on any atom is -0.870 e. The van der Waals surface area contributed by atoms with Gasteiger partial charge in [-0.25, -0.2) is 0 Å². The Morgan fingerprint density at radius 3 is 1.00 bits per heavy atom. The molecule has 0 amide bonds. The summed E-state index contributed by atoms with van der Waals surface area (Å²) in [6.07, 6.45) is 0. The third kappa shape index (κ3) is 8.98. The van der Waals surface area contributed by atoms with E-state index in [0.29, 0.717) is 0 Å². The number of hydrogen-bond acceptors (Lipinski definition) is 2. The summed E-state index contributed by atoms with van der Waals surface area (Å²) in [5.74, 6) is 0. The van der Waals surface area contributed by atoms with E-state index in [4.69, 9.17) is 0 Å². The Labute approximate surface area is 59.9 Å². The van der Waals surface area contributed by atoms with Gasteiger partial charge in [0.1, 0.15) is 0 Å². The average Bonchev–Trinajstić information content (AvgIpc) is 1.00. The first-order valence-electron chi connectivity index (χ1n) is 0.577. The zero-order valence-corrected chi connectivity index (χ0v) is 9.91. The molecule has 0 spiro atoms. The molecule has 0 saturated carbocycles. The molecule has 0 fully saturated rings. The summed E-state index contributed by atoms with van der Waals surface area (Å²) in [6.45, 7) is 0. The molecule has 2 N–H and O–H groups in total. The van der Waals surface area contributed by atoms with E-state index in [1.54, 1.807) is 0 Å². The second-order valence-corrected chi connectivity index (χ2v) is 0. The van der Waals surface area contributed by atoms with E-state index in [-0.39, 0.29) is 11.0 Å². The zero-order valence-electron chi connectivity index (χ0n) is 2.47. The summed E-state index contributed by atoms with van der Waals surface area (Å²) in [6, 6.07) is 0. The van der Waals surface area contributed by atoms with Gasteiger partial charge in [0.25, 0.3) is 0 Å². The number of hydrogen-bond donors (Lipinski definition) is 0. The van der Waals surface area contributed by atoms with Crippen LogP contribution in [0.15, 0.2) is 0 Å². The van der Waals surface area contributed by atoms with Crippen molar-refractivity contribution in [3.8, 4) is 0 Å². The molecule has 0 aliphatic heterocycles. The van der Waals surface area contributed by atoms with Crippen molar-refractivity contribution in [1.29, 1.82) is 0 Å². The van der Waals surface area contributed by atoms with Crippen LogP contribution in [0.25, 0.3) is 0 Å². The Bertz CT molecular complexity index is 6.00. The van der Waals surface area contributed by atoms with E-state index < -0.39 is 0 Å². The predicted molar refractivity (Wildman–Crippen MR) is 16.8 cm³/mol. The Kier molecular flexibility index (Phi) is 82.6. The van der Waals surface area contributed by atoms with E-state index in [2.05, 4.69) is 7.43 Å². The van der Waals surface area contributed by atoms with Crippen molar-refractivity contribution < 1.29 is 11.0 Å². The molecule has 0 radical (unpaired) electrons. The molecular weight excluding hydrogens is 196 g/mol. The van der Waals surface area contributed by atoms with Crippen molar-refractivity contribution in [2.45, 2.75) is 0 Å². The molecule has 4 heavy (non-hydrogen) atoms. The van der Waals surface area contributed by atoms with Gasteiger partial charge in [0.2, 0.25) is 0 Å². The minimum absolute atomic E-state index is 0. The van der Waals surface area contributed by atoms with Crippen molar-refractivity contribution in [3.05, 3.63) is 0 Å². The maximum atomic E-state index is 2.64. The van der Waals surface area contributed by atoms with Gasteiger partial charge in [0, 0.05) is 0 Å². The summed E-state index contributed by atoms with van der Waals surface area (Å²) in [5.41, 5.74) is 0. The Morgan fingerprint density at radius 2 is 1.00 bits per heavy atom. The second-order valence-electron chi connectivity index (χ2n) is 0. The zero-order chi connectivity index (χ0) is 2.00. The van der Waals surface area contributed by atoms with Crippen LogP contribution in [0.2, 0.25) is 0 Å². The average molecular weight is 199 g/mol. The summed E-state index contributed by atoms with van der Waals surface area (Å²) in [7, 11) is 2.64. The molecule has 4 heteroatoms. The maximum absolute atomic E-state index is 2.64. The van der Waals surface area contributed by atoms with E-state index >= 15 is 0 Å². The molecule has 0 unspecified atom stereocenters. The van der Waals surface area contributed by atoms with Gasteiger partial charge in [-0.1, -0.05) is 0 Å². The van der Waals surface area contributed by atoms with Gasteiger partial charge in [-0.05, 0) is 0 Å². The van der Waals surface area contributed by atoms with Crippen LogP contribution in [0, 0.1) is 0 Å². The quantitative estimate of drug-likeness (QED) is 0.451. The third-order valence-electron chi connectivity index (χ3n) is 0. The van der Waals surface area contributed by atoms with Gasteiger partial charge in [-0.3, -0.25) is 0 Å². The molecule has 0 bridgehead atoms. The van der Waals surface area contributed by atoms with E-state index in [1.807, 2.05) is 0 Å². The van der Waals surface area contributed by atoms with Crippen LogP contribution in [0.1, 0.15) is 0 Å². The molecule has 2 nitrogen and oxygen atoms in total. The van der Waals surface area contributed by atoms with Crippen LogP contribution in [0.4, 0.5) is 0 Å². The molecule has 0 heterocycles. The smallest absolute Gasteiger partial charge is 0.870 e. The molecule has 0 aliphatic rings. The maximum Gasteiger partial charge on any atom is -0.870 e. The molecule has 0 saturated heterocycles. The molecule has 0 aliphatic carbocycles. The summed E-state index contributed by atoms with van der Waals surface area (Å²) in [5, 5.41) is 0. The van der Waals surface area contributed by atoms with E-state index in [9.17, 15) is 0 Å². The first-order chi connectivity index (χ1) is 1.00. The largest absolute Gasteiger partial charge is 0.870 e. The normalized spacial score (nSPS) is 1.25. The summed E-state index contributed by atoms with van der Waals surface area (Å²) in [4.78, 5) is 0. The third-order valence-corrected chi connectivity index (χ3v) is 0. The Balaban J connectivity index is -0.00000000500. The minimum atomic E-state index is 0. The molecule has 0 aromatic rings. The Morgan fingerprint density at radius 1 is 1.00 bits per heavy atom. The van der Waals surface area contributed by atoms with Crippen molar-refractivity contribution in [3.63, 3.8) is 0 Å². The van der Waals surface area contributed by atoms with Crippen molar-refractivity contribution >= 4 is 50.4 Å². The summed E-state index contributed by atoms with van der Waals surface area (Å²) >= 11 is 0.806. The number of rotatable bonds is 0. The topological polar surface area (TPSA) is 60.0 Å². The van der Waals surface area contributed by atoms with Crippen molar-refractivity contribution in [2.24, 2.45) is 0 Å². The molecule has 0 aromatic heterocycles. The van der Waals surface area contributed by atoms with Gasteiger partial charge in [0.05, 0.1) is 0 Å². The predicted octanol–water partition coefficient (Wildman–Crippen LogP) is -1.38. The van der Waals surface area contributed by atoms with E-state index in [0.717, 1.165) is 43.0 Å². The fourth-order valence-electron chi connectivity index (χ4n) is 0. The van der Waals surface area contributed by atoms with Crippen molar-refractivity contribution in [2.75, 3.05) is 0 Å². The molecule has 20 valence electrons. The van der Waals surface area contributed by atoms with Gasteiger partial charge in [-0.15, -0.1) is 0 Å². The van der Waals surface area contributed by atoms with Crippen LogP contribution in [-0.4, -0.2) is 61.3 Å². The van der Waals surface area contributed by atoms with Crippen LogP contribution in [0.3, 0.4) is 0 Å². The molecule has 0 aromatic carbocycles. The second kappa shape index (κ2) is 19.9. The monoisotopic (exact) mass is 200 g/mol. The van der Waals surface area contributed by atoms with Crippen LogP contribution >= 0.6 is 0 Å². The van der Waals surface area contributed by atoms with Crippen LogP contribution in [0.5, 0.6) is 0 Å². The molecule has 0 atom stereocenters. The van der Waals surface area contributed by atoms with E-state index in [1.165, 1.54) is 0 Å². The Hall–Kier alpha value is 2.02. The van der Waals surface area contributed by atoms with Gasteiger partial charge >= 0.3 is 50.4 Å². The standard InChI is InChI=1S/Al.Ba.2H2O.H/h;;2*1H2;/q+2;;;;/p-2. The first-order valence-corrected chi connectivity index (χ1v) is 12.6. The first kappa shape index (κ1) is 16.6. The molecule has 0 rings (SSSR count). The SMILES string of the molecule is [Al+2][BaH].[OH-].[OH-]. The van der Waals surface area contributed by atoms with Crippen molar-refractivity contribution in [1.82, 2.24) is 0 Å². The fraction of sp³-hybridized carbons (Fsp3) is 0. The molecular formula is H3AlBaO2. The van der Waals surface area contributed by atoms with Gasteiger partial charge < -0.3 is 11.0 Å². The fourth-order valence-corrected chi connectivity index (χ4v) is 0. The van der Waals surface area contributed by atoms with Crippen LogP contribution < -0.4 is 0 Å². The van der Waals surface area contributed by atoms with Crippen LogP contribution in [-0.2, 0) is 0 Å².